The second-order valence-electron chi connectivity index (χ2n) is 3.92. The van der Waals surface area contributed by atoms with E-state index in [2.05, 4.69) is 33.2 Å². The Labute approximate surface area is 118 Å². The summed E-state index contributed by atoms with van der Waals surface area (Å²) >= 11 is 3.25. The smallest absolute Gasteiger partial charge is 0.271 e. The molecule has 1 aromatic rings. The molecule has 1 atom stereocenters. The monoisotopic (exact) mass is 334 g/mol. The molecule has 0 saturated carbocycles. The van der Waals surface area contributed by atoms with Gasteiger partial charge in [0.1, 0.15) is 0 Å². The van der Waals surface area contributed by atoms with E-state index in [9.17, 15) is 13.2 Å². The molecule has 0 aliphatic carbocycles. The van der Waals surface area contributed by atoms with E-state index in [-0.39, 0.29) is 6.04 Å². The van der Waals surface area contributed by atoms with E-state index < -0.39 is 11.7 Å². The first kappa shape index (κ1) is 16.0. The van der Waals surface area contributed by atoms with Gasteiger partial charge in [-0.25, -0.2) is 0 Å². The zero-order valence-electron chi connectivity index (χ0n) is 10.3. The molecule has 19 heavy (non-hydrogen) atoms. The first-order valence-corrected chi connectivity index (χ1v) is 6.41. The van der Waals surface area contributed by atoms with Gasteiger partial charge in [-0.3, -0.25) is 11.3 Å². The normalized spacial score (nSPS) is 12.7. The van der Waals surface area contributed by atoms with Gasteiger partial charge in [-0.15, -0.1) is 11.8 Å². The van der Waals surface area contributed by atoms with Crippen LogP contribution in [0.5, 0.6) is 0 Å². The molecule has 0 aliphatic heterocycles. The Morgan fingerprint density at radius 2 is 2.11 bits per heavy atom. The van der Waals surface area contributed by atoms with Crippen LogP contribution in [0.1, 0.15) is 36.9 Å². The molecule has 1 aromatic carbocycles. The topological polar surface area (TPSA) is 38.0 Å². The van der Waals surface area contributed by atoms with Crippen molar-refractivity contribution in [2.24, 2.45) is 5.84 Å². The van der Waals surface area contributed by atoms with Crippen LogP contribution in [-0.2, 0) is 6.18 Å². The SMILES string of the molecule is CC#CCCC(NN)c1cc(C(F)(F)F)ccc1Br. The van der Waals surface area contributed by atoms with Crippen LogP contribution < -0.4 is 11.3 Å². The quantitative estimate of drug-likeness (QED) is 0.499. The molecule has 0 radical (unpaired) electrons. The zero-order valence-corrected chi connectivity index (χ0v) is 11.9. The van der Waals surface area contributed by atoms with Gasteiger partial charge in [0, 0.05) is 16.9 Å². The summed E-state index contributed by atoms with van der Waals surface area (Å²) in [5, 5.41) is 0. The number of hydrogen-bond donors (Lipinski definition) is 2. The highest BCUT2D eigenvalue weighted by Gasteiger charge is 2.31. The lowest BCUT2D eigenvalue weighted by Gasteiger charge is -2.18. The molecule has 2 nitrogen and oxygen atoms in total. The lowest BCUT2D eigenvalue weighted by molar-refractivity contribution is -0.137. The summed E-state index contributed by atoms with van der Waals surface area (Å²) < 4.78 is 38.6. The van der Waals surface area contributed by atoms with Crippen LogP contribution in [0.4, 0.5) is 13.2 Å². The van der Waals surface area contributed by atoms with E-state index in [1.165, 1.54) is 6.07 Å². The molecule has 0 fully saturated rings. The third-order valence-corrected chi connectivity index (χ3v) is 3.36. The third kappa shape index (κ3) is 4.53. The molecule has 0 heterocycles. The first-order chi connectivity index (χ1) is 8.90. The van der Waals surface area contributed by atoms with Crippen molar-refractivity contribution >= 4 is 15.9 Å². The van der Waals surface area contributed by atoms with Gasteiger partial charge in [-0.05, 0) is 37.1 Å². The van der Waals surface area contributed by atoms with E-state index in [0.29, 0.717) is 22.9 Å². The molecule has 0 aliphatic rings. The Bertz CT molecular complexity index is 489. The molecule has 0 saturated heterocycles. The van der Waals surface area contributed by atoms with Crippen LogP contribution >= 0.6 is 15.9 Å². The molecule has 104 valence electrons. The van der Waals surface area contributed by atoms with Gasteiger partial charge in [0.05, 0.1) is 5.56 Å². The number of benzene rings is 1. The molecule has 6 heteroatoms. The Morgan fingerprint density at radius 3 is 2.63 bits per heavy atom. The van der Waals surface area contributed by atoms with Crippen molar-refractivity contribution < 1.29 is 13.2 Å². The summed E-state index contributed by atoms with van der Waals surface area (Å²) in [4.78, 5) is 0. The number of hydrazine groups is 1. The summed E-state index contributed by atoms with van der Waals surface area (Å²) in [6.07, 6.45) is -3.26. The fraction of sp³-hybridized carbons (Fsp3) is 0.385. The van der Waals surface area contributed by atoms with Gasteiger partial charge in [0.25, 0.3) is 0 Å². The van der Waals surface area contributed by atoms with E-state index in [1.54, 1.807) is 6.92 Å². The fourth-order valence-corrected chi connectivity index (χ4v) is 2.18. The van der Waals surface area contributed by atoms with Gasteiger partial charge in [-0.1, -0.05) is 15.9 Å². The Kier molecular flexibility index (Phi) is 5.85. The molecule has 1 rings (SSSR count). The lowest BCUT2D eigenvalue weighted by atomic mass is 10.0. The largest absolute Gasteiger partial charge is 0.416 e. The fourth-order valence-electron chi connectivity index (χ4n) is 1.66. The zero-order chi connectivity index (χ0) is 14.5. The second kappa shape index (κ2) is 6.94. The predicted molar refractivity (Wildman–Crippen MR) is 71.9 cm³/mol. The number of hydrogen-bond acceptors (Lipinski definition) is 2. The van der Waals surface area contributed by atoms with Crippen LogP contribution in [0.15, 0.2) is 22.7 Å². The molecular formula is C13H14BrF3N2. The van der Waals surface area contributed by atoms with Crippen molar-refractivity contribution in [3.8, 4) is 11.8 Å². The third-order valence-electron chi connectivity index (χ3n) is 2.63. The number of rotatable bonds is 4. The van der Waals surface area contributed by atoms with Crippen molar-refractivity contribution in [2.45, 2.75) is 32.0 Å². The minimum Gasteiger partial charge on any atom is -0.271 e. The summed E-state index contributed by atoms with van der Waals surface area (Å²) in [5.41, 5.74) is 2.33. The summed E-state index contributed by atoms with van der Waals surface area (Å²) in [6.45, 7) is 1.71. The second-order valence-corrected chi connectivity index (χ2v) is 4.77. The lowest BCUT2D eigenvalue weighted by Crippen LogP contribution is -2.28. The van der Waals surface area contributed by atoms with E-state index in [1.807, 2.05) is 0 Å². The minimum absolute atomic E-state index is 0.377. The van der Waals surface area contributed by atoms with Gasteiger partial charge < -0.3 is 0 Å². The van der Waals surface area contributed by atoms with E-state index >= 15 is 0 Å². The maximum Gasteiger partial charge on any atom is 0.416 e. The van der Waals surface area contributed by atoms with Crippen molar-refractivity contribution in [3.63, 3.8) is 0 Å². The Hall–Kier alpha value is -1.03. The van der Waals surface area contributed by atoms with Crippen LogP contribution in [0.3, 0.4) is 0 Å². The highest BCUT2D eigenvalue weighted by molar-refractivity contribution is 9.10. The highest BCUT2D eigenvalue weighted by Crippen LogP contribution is 2.34. The molecule has 3 N–H and O–H groups in total. The standard InChI is InChI=1S/C13H14BrF3N2/c1-2-3-4-5-12(19-18)10-8-9(13(15,16)17)6-7-11(10)14/h6-8,12,19H,4-5,18H2,1H3. The molecule has 1 unspecified atom stereocenters. The minimum atomic E-state index is -4.36. The van der Waals surface area contributed by atoms with Crippen LogP contribution in [0.2, 0.25) is 0 Å². The van der Waals surface area contributed by atoms with Crippen molar-refractivity contribution in [2.75, 3.05) is 0 Å². The van der Waals surface area contributed by atoms with Crippen molar-refractivity contribution in [1.82, 2.24) is 5.43 Å². The Balaban J connectivity index is 3.04. The van der Waals surface area contributed by atoms with E-state index in [4.69, 9.17) is 5.84 Å². The number of alkyl halides is 3. The summed E-state index contributed by atoms with van der Waals surface area (Å²) in [6, 6.07) is 3.15. The average molecular weight is 335 g/mol. The van der Waals surface area contributed by atoms with Gasteiger partial charge in [0.2, 0.25) is 0 Å². The number of nitrogens with one attached hydrogen (secondary N) is 1. The van der Waals surface area contributed by atoms with Crippen LogP contribution in [0, 0.1) is 11.8 Å². The molecule has 0 amide bonds. The maximum atomic E-state index is 12.7. The van der Waals surface area contributed by atoms with Crippen molar-refractivity contribution in [3.05, 3.63) is 33.8 Å². The maximum absolute atomic E-state index is 12.7. The van der Waals surface area contributed by atoms with Crippen LogP contribution in [-0.4, -0.2) is 0 Å². The van der Waals surface area contributed by atoms with Gasteiger partial charge >= 0.3 is 6.18 Å². The molecule has 0 aromatic heterocycles. The van der Waals surface area contributed by atoms with Crippen molar-refractivity contribution in [1.29, 1.82) is 0 Å². The van der Waals surface area contributed by atoms with Gasteiger partial charge in [0.15, 0.2) is 0 Å². The highest BCUT2D eigenvalue weighted by atomic mass is 79.9. The first-order valence-electron chi connectivity index (χ1n) is 5.62. The summed E-state index contributed by atoms with van der Waals surface area (Å²) in [7, 11) is 0. The predicted octanol–water partition coefficient (Wildman–Crippen LogP) is 3.78. The molecule has 0 spiro atoms. The molecule has 0 bridgehead atoms. The average Bonchev–Trinajstić information content (AvgIpc) is 2.34. The van der Waals surface area contributed by atoms with E-state index in [0.717, 1.165) is 12.1 Å². The summed E-state index contributed by atoms with van der Waals surface area (Å²) in [5.74, 6) is 11.0. The Morgan fingerprint density at radius 1 is 1.42 bits per heavy atom. The van der Waals surface area contributed by atoms with Gasteiger partial charge in [-0.2, -0.15) is 13.2 Å². The molecular weight excluding hydrogens is 321 g/mol. The number of nitrogens with two attached hydrogens (primary N) is 1. The van der Waals surface area contributed by atoms with Crippen LogP contribution in [0.25, 0.3) is 0 Å². The number of halogens is 4.